The molecule has 3 atom stereocenters. The molecule has 1 saturated heterocycles. The molecule has 2 aromatic heterocycles. The summed E-state index contributed by atoms with van der Waals surface area (Å²) in [5, 5.41) is 12.4. The van der Waals surface area contributed by atoms with Crippen LogP contribution in [0.5, 0.6) is 0 Å². The van der Waals surface area contributed by atoms with E-state index in [0.29, 0.717) is 16.7 Å². The number of amides is 1. The van der Waals surface area contributed by atoms with Gasteiger partial charge in [0.25, 0.3) is 5.91 Å². The molecule has 3 heterocycles. The molecule has 11 nitrogen and oxygen atoms in total. The Balaban J connectivity index is 1.51. The first-order valence-corrected chi connectivity index (χ1v) is 10.5. The average molecular weight is 453 g/mol. The number of imidazole rings is 1. The predicted octanol–water partition coefficient (Wildman–Crippen LogP) is 1.64. The minimum absolute atomic E-state index is 0.0274. The van der Waals surface area contributed by atoms with Crippen molar-refractivity contribution in [3.05, 3.63) is 48.5 Å². The first-order chi connectivity index (χ1) is 16.0. The Hall–Kier alpha value is -3.70. The first kappa shape index (κ1) is 22.5. The van der Waals surface area contributed by atoms with E-state index >= 15 is 0 Å². The third kappa shape index (κ3) is 5.04. The fourth-order valence-electron chi connectivity index (χ4n) is 3.59. The molecule has 2 N–H and O–H groups in total. The molecular formula is C22H23N5O6. The summed E-state index contributed by atoms with van der Waals surface area (Å²) in [7, 11) is 0. The van der Waals surface area contributed by atoms with Crippen LogP contribution in [0.25, 0.3) is 11.2 Å². The minimum Gasteiger partial charge on any atom is -0.459 e. The molecule has 0 spiro atoms. The number of hydrogen-bond donors (Lipinski definition) is 2. The van der Waals surface area contributed by atoms with Gasteiger partial charge in [-0.1, -0.05) is 18.2 Å². The number of aliphatic hydroxyl groups is 1. The van der Waals surface area contributed by atoms with E-state index in [1.54, 1.807) is 28.8 Å². The number of hydrogen-bond acceptors (Lipinski definition) is 9. The summed E-state index contributed by atoms with van der Waals surface area (Å²) in [5.41, 5.74) is 1.26. The number of aliphatic hydroxyl groups excluding tert-OH is 1. The van der Waals surface area contributed by atoms with Crippen LogP contribution >= 0.6 is 0 Å². The van der Waals surface area contributed by atoms with E-state index < -0.39 is 24.4 Å². The second kappa shape index (κ2) is 9.84. The zero-order valence-corrected chi connectivity index (χ0v) is 17.9. The molecule has 1 aliphatic heterocycles. The summed E-state index contributed by atoms with van der Waals surface area (Å²) in [6, 6.07) is 8.71. The highest BCUT2D eigenvalue weighted by Gasteiger charge is 2.39. The SMILES string of the molecule is CC(=O)CCC(=O)O[C@H]1C[C@H](n2cnc3c(NC(=O)c4ccccc4)ncnc32)O[C@H]1CO. The van der Waals surface area contributed by atoms with Gasteiger partial charge in [-0.25, -0.2) is 15.0 Å². The van der Waals surface area contributed by atoms with Crippen molar-refractivity contribution < 1.29 is 29.0 Å². The maximum absolute atomic E-state index is 12.5. The zero-order chi connectivity index (χ0) is 23.4. The van der Waals surface area contributed by atoms with Gasteiger partial charge in [0.05, 0.1) is 19.4 Å². The van der Waals surface area contributed by atoms with E-state index in [9.17, 15) is 19.5 Å². The number of ketones is 1. The number of rotatable bonds is 8. The summed E-state index contributed by atoms with van der Waals surface area (Å²) in [6.07, 6.45) is 1.11. The van der Waals surface area contributed by atoms with E-state index in [0.717, 1.165) is 0 Å². The average Bonchev–Trinajstić information content (AvgIpc) is 3.42. The van der Waals surface area contributed by atoms with Crippen molar-refractivity contribution in [2.75, 3.05) is 11.9 Å². The molecule has 0 unspecified atom stereocenters. The van der Waals surface area contributed by atoms with Gasteiger partial charge < -0.3 is 24.7 Å². The zero-order valence-electron chi connectivity index (χ0n) is 17.9. The van der Waals surface area contributed by atoms with Gasteiger partial charge in [0, 0.05) is 18.4 Å². The number of carbonyl (C=O) groups is 3. The van der Waals surface area contributed by atoms with Gasteiger partial charge in [0.15, 0.2) is 17.0 Å². The summed E-state index contributed by atoms with van der Waals surface area (Å²) >= 11 is 0. The summed E-state index contributed by atoms with van der Waals surface area (Å²) < 4.78 is 12.9. The lowest BCUT2D eigenvalue weighted by molar-refractivity contribution is -0.153. The van der Waals surface area contributed by atoms with Crippen molar-refractivity contribution in [2.24, 2.45) is 0 Å². The first-order valence-electron chi connectivity index (χ1n) is 10.5. The van der Waals surface area contributed by atoms with Gasteiger partial charge in [-0.15, -0.1) is 0 Å². The number of ether oxygens (including phenoxy) is 2. The molecule has 4 rings (SSSR count). The number of nitrogens with one attached hydrogen (secondary N) is 1. The molecule has 1 amide bonds. The topological polar surface area (TPSA) is 146 Å². The molecule has 1 fully saturated rings. The number of esters is 1. The molecule has 172 valence electrons. The van der Waals surface area contributed by atoms with E-state index in [1.807, 2.05) is 6.07 Å². The fourth-order valence-corrected chi connectivity index (χ4v) is 3.59. The number of carbonyl (C=O) groups excluding carboxylic acids is 3. The Bertz CT molecular complexity index is 1160. The lowest BCUT2D eigenvalue weighted by Gasteiger charge is -2.16. The monoisotopic (exact) mass is 453 g/mol. The number of anilines is 1. The second-order valence-electron chi connectivity index (χ2n) is 7.64. The van der Waals surface area contributed by atoms with Gasteiger partial charge in [-0.3, -0.25) is 14.2 Å². The third-order valence-corrected chi connectivity index (χ3v) is 5.26. The molecule has 0 bridgehead atoms. The van der Waals surface area contributed by atoms with Crippen LogP contribution in [0, 0.1) is 0 Å². The molecule has 3 aromatic rings. The van der Waals surface area contributed by atoms with Crippen molar-refractivity contribution in [3.63, 3.8) is 0 Å². The highest BCUT2D eigenvalue weighted by molar-refractivity contribution is 6.06. The lowest BCUT2D eigenvalue weighted by Crippen LogP contribution is -2.30. The summed E-state index contributed by atoms with van der Waals surface area (Å²) in [5.74, 6) is -0.718. The molecule has 1 aromatic carbocycles. The van der Waals surface area contributed by atoms with Crippen LogP contribution in [0.4, 0.5) is 5.82 Å². The Morgan fingerprint density at radius 1 is 1.18 bits per heavy atom. The van der Waals surface area contributed by atoms with E-state index in [4.69, 9.17) is 9.47 Å². The maximum atomic E-state index is 12.5. The predicted molar refractivity (Wildman–Crippen MR) is 115 cm³/mol. The molecule has 0 radical (unpaired) electrons. The maximum Gasteiger partial charge on any atom is 0.306 e. The summed E-state index contributed by atoms with van der Waals surface area (Å²) in [6.45, 7) is 1.06. The van der Waals surface area contributed by atoms with Crippen LogP contribution in [0.15, 0.2) is 43.0 Å². The normalized spacial score (nSPS) is 20.0. The number of Topliss-reactive ketones (excluding diaryl/α,β-unsaturated/α-hetero) is 1. The van der Waals surface area contributed by atoms with Crippen LogP contribution in [-0.4, -0.2) is 61.1 Å². The highest BCUT2D eigenvalue weighted by atomic mass is 16.6. The van der Waals surface area contributed by atoms with Crippen LogP contribution in [0.2, 0.25) is 0 Å². The van der Waals surface area contributed by atoms with Crippen LogP contribution < -0.4 is 5.32 Å². The largest absolute Gasteiger partial charge is 0.459 e. The molecular weight excluding hydrogens is 430 g/mol. The molecule has 33 heavy (non-hydrogen) atoms. The molecule has 0 aliphatic carbocycles. The van der Waals surface area contributed by atoms with Crippen LogP contribution in [0.3, 0.4) is 0 Å². The number of aromatic nitrogens is 4. The van der Waals surface area contributed by atoms with Crippen molar-refractivity contribution in [1.82, 2.24) is 19.5 Å². The van der Waals surface area contributed by atoms with Crippen molar-refractivity contribution in [1.29, 1.82) is 0 Å². The van der Waals surface area contributed by atoms with E-state index in [1.165, 1.54) is 19.6 Å². The number of benzene rings is 1. The van der Waals surface area contributed by atoms with Crippen molar-refractivity contribution in [3.8, 4) is 0 Å². The Kier molecular flexibility index (Phi) is 6.71. The van der Waals surface area contributed by atoms with Gasteiger partial charge >= 0.3 is 5.97 Å². The minimum atomic E-state index is -0.729. The highest BCUT2D eigenvalue weighted by Crippen LogP contribution is 2.33. The van der Waals surface area contributed by atoms with Gasteiger partial charge in [-0.05, 0) is 19.1 Å². The third-order valence-electron chi connectivity index (χ3n) is 5.26. The standard InChI is InChI=1S/C22H23N5O6/c1-13(29)7-8-18(30)33-15-9-17(32-16(15)10-28)27-12-25-19-20(23-11-24-21(19)27)26-22(31)14-5-3-2-4-6-14/h2-6,11-12,15-17,28H,7-10H2,1H3,(H,23,24,26,31)/t15-,16-,17+/m0/s1. The molecule has 1 aliphatic rings. The van der Waals surface area contributed by atoms with Crippen LogP contribution in [0.1, 0.15) is 42.8 Å². The van der Waals surface area contributed by atoms with Crippen molar-refractivity contribution in [2.45, 2.75) is 44.6 Å². The van der Waals surface area contributed by atoms with E-state index in [2.05, 4.69) is 20.3 Å². The lowest BCUT2D eigenvalue weighted by atomic mass is 10.2. The Labute approximate surface area is 188 Å². The van der Waals surface area contributed by atoms with Crippen LogP contribution in [-0.2, 0) is 19.1 Å². The van der Waals surface area contributed by atoms with E-state index in [-0.39, 0.29) is 43.4 Å². The molecule has 0 saturated carbocycles. The van der Waals surface area contributed by atoms with Gasteiger partial charge in [-0.2, -0.15) is 0 Å². The number of nitrogens with zero attached hydrogens (tertiary/aromatic N) is 4. The smallest absolute Gasteiger partial charge is 0.306 e. The van der Waals surface area contributed by atoms with Crippen molar-refractivity contribution >= 4 is 34.6 Å². The Morgan fingerprint density at radius 3 is 2.70 bits per heavy atom. The Morgan fingerprint density at radius 2 is 1.97 bits per heavy atom. The summed E-state index contributed by atoms with van der Waals surface area (Å²) in [4.78, 5) is 48.4. The quantitative estimate of drug-likeness (QED) is 0.486. The van der Waals surface area contributed by atoms with Gasteiger partial charge in [0.1, 0.15) is 30.5 Å². The fraction of sp³-hybridized carbons (Fsp3) is 0.364. The number of fused-ring (bicyclic) bond motifs is 1. The molecule has 11 heteroatoms. The van der Waals surface area contributed by atoms with Gasteiger partial charge in [0.2, 0.25) is 0 Å². The second-order valence-corrected chi connectivity index (χ2v) is 7.64.